The molecule has 2 aromatic rings. The van der Waals surface area contributed by atoms with E-state index in [1.807, 2.05) is 4.72 Å². The van der Waals surface area contributed by atoms with Gasteiger partial charge in [-0.25, -0.2) is 8.42 Å². The Hall–Kier alpha value is -2.33. The van der Waals surface area contributed by atoms with Crippen LogP contribution < -0.4 is 4.72 Å². The monoisotopic (exact) mass is 380 g/mol. The first-order chi connectivity index (χ1) is 11.0. The molecule has 1 N–H and O–H groups in total. The van der Waals surface area contributed by atoms with Crippen LogP contribution in [0.4, 0.5) is 24.5 Å². The van der Waals surface area contributed by atoms with Gasteiger partial charge in [0.1, 0.15) is 5.02 Å². The van der Waals surface area contributed by atoms with E-state index in [0.717, 1.165) is 30.3 Å². The van der Waals surface area contributed by atoms with Crippen LogP contribution >= 0.6 is 11.6 Å². The second-order valence-electron chi connectivity index (χ2n) is 4.55. The van der Waals surface area contributed by atoms with Crippen molar-refractivity contribution in [1.82, 2.24) is 0 Å². The fourth-order valence-corrected chi connectivity index (χ4v) is 3.01. The summed E-state index contributed by atoms with van der Waals surface area (Å²) in [5.41, 5.74) is -1.67. The van der Waals surface area contributed by atoms with Gasteiger partial charge in [-0.2, -0.15) is 13.2 Å². The summed E-state index contributed by atoms with van der Waals surface area (Å²) in [5.74, 6) is 0. The summed E-state index contributed by atoms with van der Waals surface area (Å²) in [6, 6.07) is 6.14. The van der Waals surface area contributed by atoms with Crippen molar-refractivity contribution in [2.45, 2.75) is 11.1 Å². The predicted octanol–water partition coefficient (Wildman–Crippen LogP) is 4.07. The van der Waals surface area contributed by atoms with E-state index >= 15 is 0 Å². The summed E-state index contributed by atoms with van der Waals surface area (Å²) in [7, 11) is -4.23. The molecule has 0 radical (unpaired) electrons. The van der Waals surface area contributed by atoms with Gasteiger partial charge in [-0.1, -0.05) is 11.6 Å². The quantitative estimate of drug-likeness (QED) is 0.639. The Kier molecular flexibility index (Phi) is 4.72. The number of hydrogen-bond acceptors (Lipinski definition) is 4. The van der Waals surface area contributed by atoms with Gasteiger partial charge in [-0.3, -0.25) is 14.8 Å². The topological polar surface area (TPSA) is 89.3 Å². The Morgan fingerprint density at radius 1 is 1.08 bits per heavy atom. The van der Waals surface area contributed by atoms with Crippen LogP contribution in [0.2, 0.25) is 5.02 Å². The number of anilines is 1. The molecule has 0 aliphatic rings. The highest BCUT2D eigenvalue weighted by Crippen LogP contribution is 2.31. The van der Waals surface area contributed by atoms with Crippen LogP contribution in [0.3, 0.4) is 0 Å². The Labute approximate surface area is 139 Å². The summed E-state index contributed by atoms with van der Waals surface area (Å²) in [5, 5.41) is 10.5. The van der Waals surface area contributed by atoms with Crippen molar-refractivity contribution in [2.75, 3.05) is 4.72 Å². The van der Waals surface area contributed by atoms with Crippen molar-refractivity contribution >= 4 is 33.0 Å². The van der Waals surface area contributed by atoms with Gasteiger partial charge in [-0.15, -0.1) is 0 Å². The number of nitrogens with zero attached hydrogens (tertiary/aromatic N) is 1. The van der Waals surface area contributed by atoms with Gasteiger partial charge in [0.2, 0.25) is 0 Å². The van der Waals surface area contributed by atoms with Crippen LogP contribution in [0.5, 0.6) is 0 Å². The molecule has 0 saturated heterocycles. The molecule has 0 amide bonds. The normalized spacial score (nSPS) is 12.0. The van der Waals surface area contributed by atoms with Crippen molar-refractivity contribution in [3.05, 3.63) is 63.2 Å². The number of sulfonamides is 1. The SMILES string of the molecule is O=[N+]([O-])c1cc(S(=O)(=O)Nc2ccc(C(F)(F)F)cc2)ccc1Cl. The first kappa shape index (κ1) is 18.0. The first-order valence-electron chi connectivity index (χ1n) is 6.15. The smallest absolute Gasteiger partial charge is 0.280 e. The fraction of sp³-hybridized carbons (Fsp3) is 0.0769. The summed E-state index contributed by atoms with van der Waals surface area (Å²) in [4.78, 5) is 9.50. The van der Waals surface area contributed by atoms with Crippen molar-refractivity contribution < 1.29 is 26.5 Å². The zero-order chi connectivity index (χ0) is 18.1. The molecule has 2 rings (SSSR count). The number of halogens is 4. The van der Waals surface area contributed by atoms with E-state index in [-0.39, 0.29) is 10.7 Å². The molecule has 24 heavy (non-hydrogen) atoms. The van der Waals surface area contributed by atoms with E-state index in [9.17, 15) is 31.7 Å². The minimum absolute atomic E-state index is 0.124. The largest absolute Gasteiger partial charge is 0.416 e. The second kappa shape index (κ2) is 6.29. The lowest BCUT2D eigenvalue weighted by molar-refractivity contribution is -0.384. The molecule has 2 aromatic carbocycles. The number of nitro benzene ring substituents is 1. The van der Waals surface area contributed by atoms with E-state index < -0.39 is 37.3 Å². The second-order valence-corrected chi connectivity index (χ2v) is 6.64. The number of nitrogens with one attached hydrogen (secondary N) is 1. The molecule has 0 saturated carbocycles. The van der Waals surface area contributed by atoms with Crippen LogP contribution in [-0.2, 0) is 16.2 Å². The fourth-order valence-electron chi connectivity index (χ4n) is 1.74. The van der Waals surface area contributed by atoms with Crippen LogP contribution in [0.1, 0.15) is 5.56 Å². The van der Waals surface area contributed by atoms with Crippen LogP contribution in [0.25, 0.3) is 0 Å². The van der Waals surface area contributed by atoms with Gasteiger partial charge in [0, 0.05) is 11.8 Å². The van der Waals surface area contributed by atoms with Crippen LogP contribution in [0.15, 0.2) is 47.4 Å². The predicted molar refractivity (Wildman–Crippen MR) is 80.4 cm³/mol. The molecule has 0 aliphatic heterocycles. The molecule has 0 aromatic heterocycles. The lowest BCUT2D eigenvalue weighted by atomic mass is 10.2. The van der Waals surface area contributed by atoms with Gasteiger partial charge >= 0.3 is 6.18 Å². The van der Waals surface area contributed by atoms with Gasteiger partial charge in [0.25, 0.3) is 15.7 Å². The average Bonchev–Trinajstić information content (AvgIpc) is 2.46. The lowest BCUT2D eigenvalue weighted by Gasteiger charge is -2.10. The molecular weight excluding hydrogens is 373 g/mol. The highest BCUT2D eigenvalue weighted by molar-refractivity contribution is 7.92. The van der Waals surface area contributed by atoms with E-state index in [0.29, 0.717) is 12.1 Å². The summed E-state index contributed by atoms with van der Waals surface area (Å²) < 4.78 is 63.8. The Balaban J connectivity index is 2.32. The van der Waals surface area contributed by atoms with Crippen molar-refractivity contribution in [1.29, 1.82) is 0 Å². The molecule has 0 aliphatic carbocycles. The third-order valence-electron chi connectivity index (χ3n) is 2.89. The molecule has 0 unspecified atom stereocenters. The third kappa shape index (κ3) is 3.95. The van der Waals surface area contributed by atoms with E-state index in [1.165, 1.54) is 0 Å². The van der Waals surface area contributed by atoms with E-state index in [4.69, 9.17) is 11.6 Å². The highest BCUT2D eigenvalue weighted by atomic mass is 35.5. The molecule has 11 heteroatoms. The summed E-state index contributed by atoms with van der Waals surface area (Å²) in [6.45, 7) is 0. The number of nitro groups is 1. The van der Waals surface area contributed by atoms with Gasteiger partial charge in [0.05, 0.1) is 15.4 Å². The zero-order valence-electron chi connectivity index (χ0n) is 11.5. The maximum atomic E-state index is 12.5. The maximum Gasteiger partial charge on any atom is 0.416 e. The van der Waals surface area contributed by atoms with Crippen molar-refractivity contribution in [3.8, 4) is 0 Å². The van der Waals surface area contributed by atoms with Gasteiger partial charge < -0.3 is 0 Å². The molecular formula is C13H8ClF3N2O4S. The Morgan fingerprint density at radius 3 is 2.17 bits per heavy atom. The van der Waals surface area contributed by atoms with Crippen LogP contribution in [-0.4, -0.2) is 13.3 Å². The number of benzene rings is 2. The van der Waals surface area contributed by atoms with Crippen molar-refractivity contribution in [2.24, 2.45) is 0 Å². The van der Waals surface area contributed by atoms with Gasteiger partial charge in [0.15, 0.2) is 0 Å². The number of alkyl halides is 3. The van der Waals surface area contributed by atoms with Crippen molar-refractivity contribution in [3.63, 3.8) is 0 Å². The highest BCUT2D eigenvalue weighted by Gasteiger charge is 2.30. The zero-order valence-corrected chi connectivity index (χ0v) is 13.1. The molecule has 0 fully saturated rings. The Bertz CT molecular complexity index is 883. The Morgan fingerprint density at radius 2 is 1.67 bits per heavy atom. The van der Waals surface area contributed by atoms with E-state index in [1.54, 1.807) is 0 Å². The minimum atomic E-state index is -4.55. The molecule has 0 spiro atoms. The summed E-state index contributed by atoms with van der Waals surface area (Å²) >= 11 is 5.60. The number of rotatable bonds is 4. The standard InChI is InChI=1S/C13H8ClF3N2O4S/c14-11-6-5-10(7-12(11)19(20)21)24(22,23)18-9-3-1-8(2-4-9)13(15,16)17/h1-7,18H. The van der Waals surface area contributed by atoms with E-state index in [2.05, 4.69) is 0 Å². The summed E-state index contributed by atoms with van der Waals surface area (Å²) in [6.07, 6.45) is -4.55. The third-order valence-corrected chi connectivity index (χ3v) is 4.59. The minimum Gasteiger partial charge on any atom is -0.280 e. The molecule has 0 bridgehead atoms. The molecule has 0 heterocycles. The molecule has 128 valence electrons. The number of hydrogen-bond donors (Lipinski definition) is 1. The first-order valence-corrected chi connectivity index (χ1v) is 8.01. The average molecular weight is 381 g/mol. The lowest BCUT2D eigenvalue weighted by Crippen LogP contribution is -2.13. The molecule has 0 atom stereocenters. The van der Waals surface area contributed by atoms with Crippen LogP contribution in [0, 0.1) is 10.1 Å². The molecule has 6 nitrogen and oxygen atoms in total. The maximum absolute atomic E-state index is 12.5. The van der Waals surface area contributed by atoms with Gasteiger partial charge in [-0.05, 0) is 36.4 Å².